The first-order valence-electron chi connectivity index (χ1n) is 4.64. The van der Waals surface area contributed by atoms with Gasteiger partial charge in [-0.3, -0.25) is 9.59 Å². The van der Waals surface area contributed by atoms with E-state index in [0.29, 0.717) is 5.41 Å². The lowest BCUT2D eigenvalue weighted by atomic mass is 10.1. The molecule has 2 amide bonds. The first-order chi connectivity index (χ1) is 6.09. The Labute approximate surface area is 77.3 Å². The Morgan fingerprint density at radius 3 is 2.77 bits per heavy atom. The van der Waals surface area contributed by atoms with Gasteiger partial charge >= 0.3 is 0 Å². The van der Waals surface area contributed by atoms with Crippen molar-refractivity contribution in [3.63, 3.8) is 0 Å². The minimum atomic E-state index is -0.0381. The number of carbonyl (C=O) groups excluding carboxylic acids is 2. The SMILES string of the molecule is CC1(CN2CC(=O)NCC2=O)CC1. The van der Waals surface area contributed by atoms with Crippen LogP contribution in [0.3, 0.4) is 0 Å². The molecule has 4 nitrogen and oxygen atoms in total. The number of hydrogen-bond donors (Lipinski definition) is 1. The third kappa shape index (κ3) is 1.82. The lowest BCUT2D eigenvalue weighted by Gasteiger charge is -2.28. The third-order valence-electron chi connectivity index (χ3n) is 2.80. The van der Waals surface area contributed by atoms with Crippen molar-refractivity contribution in [3.05, 3.63) is 0 Å². The van der Waals surface area contributed by atoms with Crippen LogP contribution in [0.2, 0.25) is 0 Å². The van der Waals surface area contributed by atoms with Crippen molar-refractivity contribution < 1.29 is 9.59 Å². The quantitative estimate of drug-likeness (QED) is 0.640. The molecule has 0 radical (unpaired) electrons. The minimum Gasteiger partial charge on any atom is -0.345 e. The van der Waals surface area contributed by atoms with Crippen molar-refractivity contribution in [2.75, 3.05) is 19.6 Å². The Hall–Kier alpha value is -1.06. The van der Waals surface area contributed by atoms with E-state index in [4.69, 9.17) is 0 Å². The molecule has 1 saturated heterocycles. The highest BCUT2D eigenvalue weighted by molar-refractivity contribution is 5.92. The van der Waals surface area contributed by atoms with Crippen molar-refractivity contribution in [1.82, 2.24) is 10.2 Å². The molecule has 1 aliphatic heterocycles. The smallest absolute Gasteiger partial charge is 0.242 e. The topological polar surface area (TPSA) is 49.4 Å². The molecule has 72 valence electrons. The lowest BCUT2D eigenvalue weighted by molar-refractivity contribution is -0.141. The molecule has 4 heteroatoms. The zero-order valence-electron chi connectivity index (χ0n) is 7.80. The first kappa shape index (κ1) is 8.53. The van der Waals surface area contributed by atoms with Crippen molar-refractivity contribution in [2.45, 2.75) is 19.8 Å². The van der Waals surface area contributed by atoms with Gasteiger partial charge in [-0.2, -0.15) is 0 Å². The summed E-state index contributed by atoms with van der Waals surface area (Å²) < 4.78 is 0. The van der Waals surface area contributed by atoms with Gasteiger partial charge in [0.15, 0.2) is 0 Å². The van der Waals surface area contributed by atoms with Crippen LogP contribution in [0.1, 0.15) is 19.8 Å². The van der Waals surface area contributed by atoms with E-state index in [1.54, 1.807) is 4.90 Å². The fraction of sp³-hybridized carbons (Fsp3) is 0.778. The zero-order chi connectivity index (χ0) is 9.47. The molecule has 0 atom stereocenters. The van der Waals surface area contributed by atoms with Gasteiger partial charge < -0.3 is 10.2 Å². The number of nitrogens with zero attached hydrogens (tertiary/aromatic N) is 1. The summed E-state index contributed by atoms with van der Waals surface area (Å²) in [7, 11) is 0. The predicted octanol–water partition coefficient (Wildman–Crippen LogP) is -0.255. The molecule has 1 heterocycles. The summed E-state index contributed by atoms with van der Waals surface area (Å²) >= 11 is 0. The van der Waals surface area contributed by atoms with Crippen LogP contribution in [0.4, 0.5) is 0 Å². The molecule has 1 N–H and O–H groups in total. The van der Waals surface area contributed by atoms with E-state index < -0.39 is 0 Å². The van der Waals surface area contributed by atoms with Gasteiger partial charge in [-0.15, -0.1) is 0 Å². The Morgan fingerprint density at radius 1 is 1.46 bits per heavy atom. The van der Waals surface area contributed by atoms with Crippen molar-refractivity contribution in [2.24, 2.45) is 5.41 Å². The van der Waals surface area contributed by atoms with Crippen molar-refractivity contribution in [3.8, 4) is 0 Å². The summed E-state index contributed by atoms with van der Waals surface area (Å²) in [4.78, 5) is 24.0. The largest absolute Gasteiger partial charge is 0.345 e. The Kier molecular flexibility index (Phi) is 1.78. The summed E-state index contributed by atoms with van der Waals surface area (Å²) in [5.41, 5.74) is 0.299. The average Bonchev–Trinajstić information content (AvgIpc) is 2.76. The predicted molar refractivity (Wildman–Crippen MR) is 46.9 cm³/mol. The number of hydrogen-bond acceptors (Lipinski definition) is 2. The van der Waals surface area contributed by atoms with Gasteiger partial charge in [-0.25, -0.2) is 0 Å². The number of rotatable bonds is 2. The summed E-state index contributed by atoms with van der Waals surface area (Å²) in [6.45, 7) is 3.33. The van der Waals surface area contributed by atoms with Crippen LogP contribution in [0, 0.1) is 5.41 Å². The fourth-order valence-electron chi connectivity index (χ4n) is 1.58. The molecular formula is C9H14N2O2. The van der Waals surface area contributed by atoms with Gasteiger partial charge in [0, 0.05) is 6.54 Å². The van der Waals surface area contributed by atoms with Crippen LogP contribution in [-0.2, 0) is 9.59 Å². The molecule has 2 rings (SSSR count). The molecule has 0 unspecified atom stereocenters. The van der Waals surface area contributed by atoms with E-state index in [9.17, 15) is 9.59 Å². The van der Waals surface area contributed by atoms with Crippen LogP contribution in [0.15, 0.2) is 0 Å². The highest BCUT2D eigenvalue weighted by Gasteiger charge is 2.40. The Balaban J connectivity index is 1.95. The molecule has 0 aromatic heterocycles. The molecule has 0 spiro atoms. The first-order valence-corrected chi connectivity index (χ1v) is 4.64. The molecule has 2 aliphatic rings. The van der Waals surface area contributed by atoms with Crippen LogP contribution in [0.25, 0.3) is 0 Å². The standard InChI is InChI=1S/C9H14N2O2/c1-9(2-3-9)6-11-5-7(12)10-4-8(11)13/h2-6H2,1H3,(H,10,12). The maximum Gasteiger partial charge on any atom is 0.242 e. The fourth-order valence-corrected chi connectivity index (χ4v) is 1.58. The lowest BCUT2D eigenvalue weighted by Crippen LogP contribution is -2.52. The van der Waals surface area contributed by atoms with Gasteiger partial charge in [0.2, 0.25) is 11.8 Å². The van der Waals surface area contributed by atoms with Crippen LogP contribution in [-0.4, -0.2) is 36.3 Å². The molecular weight excluding hydrogens is 168 g/mol. The number of carbonyl (C=O) groups is 2. The van der Waals surface area contributed by atoms with Crippen LogP contribution >= 0.6 is 0 Å². The van der Waals surface area contributed by atoms with Crippen LogP contribution in [0.5, 0.6) is 0 Å². The molecule has 1 aliphatic carbocycles. The van der Waals surface area contributed by atoms with Crippen molar-refractivity contribution >= 4 is 11.8 Å². The van der Waals surface area contributed by atoms with E-state index in [1.165, 1.54) is 12.8 Å². The number of piperazine rings is 1. The monoisotopic (exact) mass is 182 g/mol. The highest BCUT2D eigenvalue weighted by atomic mass is 16.2. The molecule has 0 bridgehead atoms. The van der Waals surface area contributed by atoms with E-state index in [-0.39, 0.29) is 24.9 Å². The van der Waals surface area contributed by atoms with E-state index in [1.807, 2.05) is 0 Å². The van der Waals surface area contributed by atoms with Gasteiger partial charge in [0.05, 0.1) is 13.1 Å². The molecule has 13 heavy (non-hydrogen) atoms. The summed E-state index contributed by atoms with van der Waals surface area (Å²) in [5.74, 6) is 0.0107. The Morgan fingerprint density at radius 2 is 2.15 bits per heavy atom. The van der Waals surface area contributed by atoms with E-state index in [2.05, 4.69) is 12.2 Å². The maximum atomic E-state index is 11.4. The van der Waals surface area contributed by atoms with Gasteiger partial charge in [0.1, 0.15) is 0 Å². The normalized spacial score (nSPS) is 25.8. The average molecular weight is 182 g/mol. The van der Waals surface area contributed by atoms with E-state index in [0.717, 1.165) is 6.54 Å². The molecule has 0 aromatic carbocycles. The summed E-state index contributed by atoms with van der Waals surface area (Å²) in [6, 6.07) is 0. The van der Waals surface area contributed by atoms with Crippen molar-refractivity contribution in [1.29, 1.82) is 0 Å². The minimum absolute atomic E-state index is 0.0381. The Bertz CT molecular complexity index is 258. The third-order valence-corrected chi connectivity index (χ3v) is 2.80. The second-order valence-electron chi connectivity index (χ2n) is 4.34. The molecule has 2 fully saturated rings. The summed E-state index contributed by atoms with van der Waals surface area (Å²) in [6.07, 6.45) is 2.36. The number of nitrogens with one attached hydrogen (secondary N) is 1. The van der Waals surface area contributed by atoms with Crippen LogP contribution < -0.4 is 5.32 Å². The molecule has 0 aromatic rings. The second kappa shape index (κ2) is 2.72. The molecule has 1 saturated carbocycles. The van der Waals surface area contributed by atoms with Gasteiger partial charge in [-0.05, 0) is 18.3 Å². The van der Waals surface area contributed by atoms with Gasteiger partial charge in [-0.1, -0.05) is 6.92 Å². The van der Waals surface area contributed by atoms with Gasteiger partial charge in [0.25, 0.3) is 0 Å². The maximum absolute atomic E-state index is 11.4. The summed E-state index contributed by atoms with van der Waals surface area (Å²) in [5, 5.41) is 2.54. The highest BCUT2D eigenvalue weighted by Crippen LogP contribution is 2.45. The second-order valence-corrected chi connectivity index (χ2v) is 4.34. The van der Waals surface area contributed by atoms with E-state index >= 15 is 0 Å². The zero-order valence-corrected chi connectivity index (χ0v) is 7.80. The number of amides is 2.